The molecule has 0 bridgehead atoms. The smallest absolute Gasteiger partial charge is 0.261 e. The van der Waals surface area contributed by atoms with E-state index in [0.717, 1.165) is 54.7 Å². The van der Waals surface area contributed by atoms with Crippen molar-refractivity contribution in [2.75, 3.05) is 114 Å². The second-order valence-electron chi connectivity index (χ2n) is 15.2. The van der Waals surface area contributed by atoms with Crippen molar-refractivity contribution in [2.24, 2.45) is 0 Å². The zero-order valence-corrected chi connectivity index (χ0v) is 33.9. The summed E-state index contributed by atoms with van der Waals surface area (Å²) in [6, 6.07) is 18.9. The summed E-state index contributed by atoms with van der Waals surface area (Å²) in [5.41, 5.74) is 4.03. The van der Waals surface area contributed by atoms with E-state index >= 15 is 0 Å². The van der Waals surface area contributed by atoms with Gasteiger partial charge in [-0.1, -0.05) is 24.3 Å². The summed E-state index contributed by atoms with van der Waals surface area (Å²) in [7, 11) is 0. The number of hydrogen-bond donors (Lipinski definition) is 1. The molecular weight excluding hydrogens is 757 g/mol. The Morgan fingerprint density at radius 2 is 1.03 bits per heavy atom. The van der Waals surface area contributed by atoms with Gasteiger partial charge in [0.1, 0.15) is 0 Å². The van der Waals surface area contributed by atoms with Crippen LogP contribution in [0.25, 0.3) is 21.5 Å². The molecule has 0 atom stereocenters. The molecule has 58 heavy (non-hydrogen) atoms. The van der Waals surface area contributed by atoms with E-state index in [1.165, 1.54) is 16.7 Å². The molecule has 0 N–H and O–H groups in total. The average molecular weight is 807 g/mol. The van der Waals surface area contributed by atoms with E-state index < -0.39 is 0 Å². The first-order valence-corrected chi connectivity index (χ1v) is 21.0. The van der Waals surface area contributed by atoms with Gasteiger partial charge in [-0.05, 0) is 68.1 Å². The molecule has 0 spiro atoms. The van der Waals surface area contributed by atoms with Gasteiger partial charge in [0.15, 0.2) is 0 Å². The van der Waals surface area contributed by atoms with Crippen LogP contribution in [0.4, 0.5) is 11.4 Å². The van der Waals surface area contributed by atoms with E-state index in [2.05, 4.69) is 27.3 Å². The van der Waals surface area contributed by atoms with E-state index in [-0.39, 0.29) is 49.2 Å². The summed E-state index contributed by atoms with van der Waals surface area (Å²) in [5, 5.41) is 3.16. The third kappa shape index (κ3) is 7.66. The van der Waals surface area contributed by atoms with E-state index in [9.17, 15) is 24.0 Å². The number of morpholine rings is 2. The molecular formula is C44H50N6O7S. The molecule has 0 aliphatic carbocycles. The molecule has 0 saturated carbocycles. The summed E-state index contributed by atoms with van der Waals surface area (Å²) in [6.45, 7) is 9.71. The van der Waals surface area contributed by atoms with Crippen molar-refractivity contribution in [3.63, 3.8) is 0 Å². The maximum absolute atomic E-state index is 13.9. The van der Waals surface area contributed by atoms with Gasteiger partial charge in [-0.25, -0.2) is 0 Å². The molecule has 0 aromatic heterocycles. The Morgan fingerprint density at radius 1 is 0.586 bits per heavy atom. The molecule has 0 radical (unpaired) electrons. The van der Waals surface area contributed by atoms with Gasteiger partial charge in [-0.3, -0.25) is 33.8 Å². The minimum atomic E-state index is -0.359. The van der Waals surface area contributed by atoms with Crippen LogP contribution in [0.5, 0.6) is 0 Å². The highest BCUT2D eigenvalue weighted by molar-refractivity contribution is 7.80. The van der Waals surface area contributed by atoms with E-state index in [1.807, 2.05) is 48.5 Å². The fourth-order valence-corrected chi connectivity index (χ4v) is 8.97. The maximum Gasteiger partial charge on any atom is 0.261 e. The quantitative estimate of drug-likeness (QED) is 0.137. The number of benzene rings is 4. The average Bonchev–Trinajstić information content (AvgIpc) is 3.25. The lowest BCUT2D eigenvalue weighted by atomic mass is 9.92. The number of nitrogens with zero attached hydrogens (tertiary/aromatic N) is 6. The number of ether oxygens (including phenoxy) is 2. The van der Waals surface area contributed by atoms with Crippen LogP contribution in [-0.4, -0.2) is 153 Å². The second-order valence-corrected chi connectivity index (χ2v) is 15.7. The molecule has 4 aliphatic rings. The lowest BCUT2D eigenvalue weighted by Crippen LogP contribution is -2.46. The van der Waals surface area contributed by atoms with Gasteiger partial charge in [0.05, 0.1) is 26.4 Å². The van der Waals surface area contributed by atoms with Crippen LogP contribution in [0.2, 0.25) is 0 Å². The van der Waals surface area contributed by atoms with E-state index in [0.29, 0.717) is 97.8 Å². The first kappa shape index (κ1) is 39.8. The van der Waals surface area contributed by atoms with Crippen LogP contribution in [0.15, 0.2) is 60.7 Å². The number of imide groups is 2. The fourth-order valence-electron chi connectivity index (χ4n) is 8.83. The Bertz CT molecular complexity index is 2210. The Labute approximate surface area is 343 Å². The van der Waals surface area contributed by atoms with E-state index in [1.54, 1.807) is 17.0 Å². The normalized spacial score (nSPS) is 17.0. The number of amides is 5. The zero-order valence-electron chi connectivity index (χ0n) is 33.0. The zero-order chi connectivity index (χ0) is 40.3. The monoisotopic (exact) mass is 806 g/mol. The molecule has 4 aromatic rings. The van der Waals surface area contributed by atoms with Gasteiger partial charge in [0.25, 0.3) is 23.6 Å². The van der Waals surface area contributed by atoms with Gasteiger partial charge in [-0.15, -0.1) is 0 Å². The first-order valence-electron chi connectivity index (χ1n) is 20.3. The first-order chi connectivity index (χ1) is 28.3. The molecule has 14 heteroatoms. The number of carbonyl (C=O) groups is 5. The van der Waals surface area contributed by atoms with Crippen molar-refractivity contribution in [1.29, 1.82) is 0 Å². The summed E-state index contributed by atoms with van der Waals surface area (Å²) in [4.78, 5) is 79.3. The van der Waals surface area contributed by atoms with Crippen molar-refractivity contribution in [3.05, 3.63) is 82.9 Å². The van der Waals surface area contributed by atoms with Crippen molar-refractivity contribution in [3.8, 4) is 0 Å². The number of anilines is 2. The Kier molecular flexibility index (Phi) is 12.0. The molecule has 304 valence electrons. The predicted octanol–water partition coefficient (Wildman–Crippen LogP) is 4.42. The number of thiol groups is 1. The van der Waals surface area contributed by atoms with Crippen molar-refractivity contribution in [2.45, 2.75) is 19.8 Å². The third-order valence-corrected chi connectivity index (χ3v) is 12.2. The van der Waals surface area contributed by atoms with Gasteiger partial charge < -0.3 is 29.1 Å². The number of hydrogen-bond acceptors (Lipinski definition) is 11. The van der Waals surface area contributed by atoms with E-state index in [4.69, 9.17) is 9.47 Å². The highest BCUT2D eigenvalue weighted by Gasteiger charge is 2.36. The summed E-state index contributed by atoms with van der Waals surface area (Å²) < 4.78 is 11.1. The van der Waals surface area contributed by atoms with Crippen LogP contribution in [-0.2, 0) is 14.3 Å². The molecule has 4 aliphatic heterocycles. The minimum absolute atomic E-state index is 0.0724. The van der Waals surface area contributed by atoms with Crippen LogP contribution >= 0.6 is 12.6 Å². The van der Waals surface area contributed by atoms with Crippen molar-refractivity contribution in [1.82, 2.24) is 19.6 Å². The van der Waals surface area contributed by atoms with Crippen LogP contribution in [0, 0.1) is 0 Å². The number of rotatable bonds is 15. The highest BCUT2D eigenvalue weighted by atomic mass is 32.1. The topological polar surface area (TPSA) is 123 Å². The van der Waals surface area contributed by atoms with Gasteiger partial charge in [-0.2, -0.15) is 12.6 Å². The van der Waals surface area contributed by atoms with Crippen LogP contribution < -0.4 is 9.80 Å². The SMILES string of the molecule is CC(=O)N(CCCN(CCCS)CCN1C(=O)c2cccc3c(N4CCOCC4)ccc(c23)C1=O)CCN1C(=O)c2cccc3c(N4CCOCC4)ccc(c23)C1=O. The Balaban J connectivity index is 0.899. The predicted molar refractivity (Wildman–Crippen MR) is 226 cm³/mol. The van der Waals surface area contributed by atoms with Crippen molar-refractivity contribution < 1.29 is 33.4 Å². The highest BCUT2D eigenvalue weighted by Crippen LogP contribution is 2.38. The number of carbonyl (C=O) groups excluding carboxylic acids is 5. The lowest BCUT2D eigenvalue weighted by molar-refractivity contribution is -0.129. The second kappa shape index (κ2) is 17.5. The summed E-state index contributed by atoms with van der Waals surface area (Å²) >= 11 is 4.43. The van der Waals surface area contributed by atoms with Crippen LogP contribution in [0.3, 0.4) is 0 Å². The third-order valence-electron chi connectivity index (χ3n) is 11.9. The molecule has 5 amide bonds. The Morgan fingerprint density at radius 3 is 1.50 bits per heavy atom. The molecule has 4 heterocycles. The largest absolute Gasteiger partial charge is 0.378 e. The van der Waals surface area contributed by atoms with Crippen LogP contribution in [0.1, 0.15) is 61.2 Å². The molecule has 4 aromatic carbocycles. The summed E-state index contributed by atoms with van der Waals surface area (Å²) in [6.07, 6.45) is 1.43. The molecule has 2 saturated heterocycles. The molecule has 0 unspecified atom stereocenters. The fraction of sp³-hybridized carbons (Fsp3) is 0.432. The van der Waals surface area contributed by atoms with Crippen molar-refractivity contribution >= 4 is 75.1 Å². The maximum atomic E-state index is 13.9. The minimum Gasteiger partial charge on any atom is -0.378 e. The Hall–Kier alpha value is -5.02. The van der Waals surface area contributed by atoms with Gasteiger partial charge in [0, 0.05) is 121 Å². The molecule has 2 fully saturated rings. The summed E-state index contributed by atoms with van der Waals surface area (Å²) in [5.74, 6) is -0.772. The van der Waals surface area contributed by atoms with Gasteiger partial charge in [0.2, 0.25) is 5.91 Å². The molecule has 8 rings (SSSR count). The standard InChI is InChI=1S/C44H50N6O7S/c1-30(51)46(18-20-50-42(53)34-9-3-7-32-38(48-23-27-57-28-24-48)13-11-36(40(32)34)44(50)55)16-4-14-45(15-5-29-58)17-19-49-41(52)33-8-2-6-31-37(47-21-25-56-26-22-47)12-10-35(39(31)33)43(49)54/h2-3,6-13,58H,4-5,14-29H2,1H3. The van der Waals surface area contributed by atoms with Gasteiger partial charge >= 0.3 is 0 Å². The lowest BCUT2D eigenvalue weighted by Gasteiger charge is -2.33. The molecule has 13 nitrogen and oxygen atoms in total.